The Morgan fingerprint density at radius 2 is 1.71 bits per heavy atom. The predicted octanol–water partition coefficient (Wildman–Crippen LogP) is 3.83. The molecule has 0 unspecified atom stereocenters. The zero-order valence-corrected chi connectivity index (χ0v) is 16.4. The maximum atomic E-state index is 6.22. The van der Waals surface area contributed by atoms with Gasteiger partial charge in [0.25, 0.3) is 0 Å². The topological polar surface area (TPSA) is 73.5 Å². The van der Waals surface area contributed by atoms with Crippen molar-refractivity contribution in [3.8, 4) is 11.5 Å². The van der Waals surface area contributed by atoms with Crippen molar-refractivity contribution in [2.45, 2.75) is 13.3 Å². The first kappa shape index (κ1) is 18.1. The quantitative estimate of drug-likeness (QED) is 0.746. The van der Waals surface area contributed by atoms with Crippen LogP contribution in [0.5, 0.6) is 11.5 Å². The second-order valence-corrected chi connectivity index (χ2v) is 6.92. The summed E-state index contributed by atoms with van der Waals surface area (Å²) < 4.78 is 10.7. The molecule has 0 saturated heterocycles. The Kier molecular flexibility index (Phi) is 4.77. The van der Waals surface area contributed by atoms with E-state index < -0.39 is 0 Å². The summed E-state index contributed by atoms with van der Waals surface area (Å²) in [6.45, 7) is 3.70. The van der Waals surface area contributed by atoms with Crippen LogP contribution in [-0.2, 0) is 0 Å². The van der Waals surface area contributed by atoms with Crippen molar-refractivity contribution >= 4 is 28.2 Å². The van der Waals surface area contributed by atoms with Crippen LogP contribution in [-0.4, -0.2) is 37.3 Å². The average molecular weight is 376 g/mol. The number of nitrogens with zero attached hydrogens (tertiary/aromatic N) is 3. The fourth-order valence-electron chi connectivity index (χ4n) is 3.49. The molecule has 2 aromatic carbocycles. The molecule has 3 aromatic rings. The van der Waals surface area contributed by atoms with Gasteiger partial charge in [-0.1, -0.05) is 35.9 Å². The van der Waals surface area contributed by atoms with Gasteiger partial charge >= 0.3 is 0 Å². The molecule has 6 heteroatoms. The van der Waals surface area contributed by atoms with Crippen molar-refractivity contribution in [3.63, 3.8) is 0 Å². The number of hydrogen-bond acceptors (Lipinski definition) is 6. The van der Waals surface area contributed by atoms with Gasteiger partial charge in [0.05, 0.1) is 19.7 Å². The maximum Gasteiger partial charge on any atom is 0.228 e. The Labute approximate surface area is 164 Å². The highest BCUT2D eigenvalue weighted by atomic mass is 16.5. The maximum absolute atomic E-state index is 6.22. The molecule has 144 valence electrons. The number of nitrogen functional groups attached to an aromatic ring is 1. The molecule has 0 radical (unpaired) electrons. The van der Waals surface area contributed by atoms with Gasteiger partial charge in [0.2, 0.25) is 5.95 Å². The lowest BCUT2D eigenvalue weighted by Crippen LogP contribution is -2.30. The minimum Gasteiger partial charge on any atom is -0.493 e. The number of anilines is 2. The molecular formula is C22H24N4O2. The summed E-state index contributed by atoms with van der Waals surface area (Å²) in [5.74, 6) is 2.31. The molecular weight excluding hydrogens is 352 g/mol. The van der Waals surface area contributed by atoms with Gasteiger partial charge in [-0.3, -0.25) is 0 Å². The molecule has 0 amide bonds. The second kappa shape index (κ2) is 7.38. The zero-order valence-electron chi connectivity index (χ0n) is 16.4. The van der Waals surface area contributed by atoms with Crippen LogP contribution in [0.3, 0.4) is 0 Å². The van der Waals surface area contributed by atoms with Crippen LogP contribution in [0.1, 0.15) is 17.5 Å². The van der Waals surface area contributed by atoms with Crippen LogP contribution in [0.2, 0.25) is 0 Å². The lowest BCUT2D eigenvalue weighted by Gasteiger charge is -2.27. The largest absolute Gasteiger partial charge is 0.493 e. The molecule has 28 heavy (non-hydrogen) atoms. The number of aromatic nitrogens is 2. The fraction of sp³-hybridized carbons (Fsp3) is 0.273. The Hall–Kier alpha value is -3.28. The van der Waals surface area contributed by atoms with Gasteiger partial charge in [-0.05, 0) is 30.5 Å². The first-order chi connectivity index (χ1) is 13.6. The zero-order chi connectivity index (χ0) is 19.7. The van der Waals surface area contributed by atoms with Crippen LogP contribution < -0.4 is 20.1 Å². The summed E-state index contributed by atoms with van der Waals surface area (Å²) in [6, 6.07) is 12.3. The number of methoxy groups -OCH3 is 2. The smallest absolute Gasteiger partial charge is 0.228 e. The Balaban J connectivity index is 1.63. The summed E-state index contributed by atoms with van der Waals surface area (Å²) in [4.78, 5) is 11.4. The summed E-state index contributed by atoms with van der Waals surface area (Å²) >= 11 is 0. The van der Waals surface area contributed by atoms with E-state index in [9.17, 15) is 0 Å². The van der Waals surface area contributed by atoms with Crippen molar-refractivity contribution in [3.05, 3.63) is 53.6 Å². The molecule has 1 aliphatic heterocycles. The standard InChI is InChI=1S/C22H24N4O2/c1-14-4-6-15(7-5-14)16-8-10-26(11-9-16)22-24-18-13-20(28-3)19(27-2)12-17(18)21(23)25-22/h4-8,12-13H,9-11H2,1-3H3,(H2,23,24,25). The lowest BCUT2D eigenvalue weighted by atomic mass is 9.99. The monoisotopic (exact) mass is 376 g/mol. The van der Waals surface area contributed by atoms with E-state index in [1.165, 1.54) is 16.7 Å². The third kappa shape index (κ3) is 3.33. The molecule has 0 saturated carbocycles. The van der Waals surface area contributed by atoms with Crippen LogP contribution in [0, 0.1) is 6.92 Å². The second-order valence-electron chi connectivity index (χ2n) is 6.92. The van der Waals surface area contributed by atoms with E-state index in [2.05, 4.69) is 47.1 Å². The highest BCUT2D eigenvalue weighted by Crippen LogP contribution is 2.34. The number of ether oxygens (including phenoxy) is 2. The minimum absolute atomic E-state index is 0.439. The molecule has 0 aliphatic carbocycles. The number of fused-ring (bicyclic) bond motifs is 1. The molecule has 0 atom stereocenters. The number of nitrogens with two attached hydrogens (primary N) is 1. The normalized spacial score (nSPS) is 14.1. The van der Waals surface area contributed by atoms with Gasteiger partial charge < -0.3 is 20.1 Å². The fourth-order valence-corrected chi connectivity index (χ4v) is 3.49. The molecule has 1 aliphatic rings. The molecule has 4 rings (SSSR count). The number of benzene rings is 2. The summed E-state index contributed by atoms with van der Waals surface area (Å²) in [7, 11) is 3.21. The summed E-state index contributed by atoms with van der Waals surface area (Å²) in [5, 5.41) is 0.759. The SMILES string of the molecule is COc1cc2nc(N3CC=C(c4ccc(C)cc4)CC3)nc(N)c2cc1OC. The van der Waals surface area contributed by atoms with Crippen molar-refractivity contribution in [2.75, 3.05) is 37.9 Å². The van der Waals surface area contributed by atoms with Crippen molar-refractivity contribution in [1.82, 2.24) is 9.97 Å². The minimum atomic E-state index is 0.439. The van der Waals surface area contributed by atoms with Gasteiger partial charge in [-0.15, -0.1) is 0 Å². The number of rotatable bonds is 4. The summed E-state index contributed by atoms with van der Waals surface area (Å²) in [5.41, 5.74) is 10.9. The van der Waals surface area contributed by atoms with Crippen LogP contribution in [0.15, 0.2) is 42.5 Å². The Bertz CT molecular complexity index is 1040. The highest BCUT2D eigenvalue weighted by Gasteiger charge is 2.18. The van der Waals surface area contributed by atoms with Crippen LogP contribution in [0.25, 0.3) is 16.5 Å². The van der Waals surface area contributed by atoms with E-state index in [0.29, 0.717) is 23.3 Å². The van der Waals surface area contributed by atoms with Gasteiger partial charge in [0.15, 0.2) is 11.5 Å². The summed E-state index contributed by atoms with van der Waals surface area (Å²) in [6.07, 6.45) is 3.18. The van der Waals surface area contributed by atoms with Gasteiger partial charge in [-0.2, -0.15) is 4.98 Å². The molecule has 0 fully saturated rings. The molecule has 6 nitrogen and oxygen atoms in total. The van der Waals surface area contributed by atoms with Crippen molar-refractivity contribution in [2.24, 2.45) is 0 Å². The van der Waals surface area contributed by atoms with E-state index in [4.69, 9.17) is 20.2 Å². The first-order valence-corrected chi connectivity index (χ1v) is 9.29. The lowest BCUT2D eigenvalue weighted by molar-refractivity contribution is 0.356. The van der Waals surface area contributed by atoms with E-state index in [-0.39, 0.29) is 0 Å². The molecule has 1 aromatic heterocycles. The number of aryl methyl sites for hydroxylation is 1. The van der Waals surface area contributed by atoms with Crippen LogP contribution >= 0.6 is 0 Å². The van der Waals surface area contributed by atoms with E-state index in [1.54, 1.807) is 14.2 Å². The third-order valence-corrected chi connectivity index (χ3v) is 5.13. The van der Waals surface area contributed by atoms with Crippen molar-refractivity contribution in [1.29, 1.82) is 0 Å². The number of hydrogen-bond donors (Lipinski definition) is 1. The molecule has 0 spiro atoms. The van der Waals surface area contributed by atoms with Crippen LogP contribution in [0.4, 0.5) is 11.8 Å². The van der Waals surface area contributed by atoms with Gasteiger partial charge in [-0.25, -0.2) is 4.98 Å². The Morgan fingerprint density at radius 1 is 1.00 bits per heavy atom. The highest BCUT2D eigenvalue weighted by molar-refractivity contribution is 5.91. The van der Waals surface area contributed by atoms with E-state index in [0.717, 1.165) is 30.4 Å². The first-order valence-electron chi connectivity index (χ1n) is 9.29. The molecule has 2 N–H and O–H groups in total. The third-order valence-electron chi connectivity index (χ3n) is 5.13. The average Bonchev–Trinajstić information content (AvgIpc) is 2.73. The van der Waals surface area contributed by atoms with Crippen molar-refractivity contribution < 1.29 is 9.47 Å². The predicted molar refractivity (Wildman–Crippen MR) is 113 cm³/mol. The Morgan fingerprint density at radius 3 is 2.36 bits per heavy atom. The van der Waals surface area contributed by atoms with E-state index in [1.807, 2.05) is 12.1 Å². The van der Waals surface area contributed by atoms with Gasteiger partial charge in [0, 0.05) is 24.5 Å². The van der Waals surface area contributed by atoms with Gasteiger partial charge in [0.1, 0.15) is 5.82 Å². The molecule has 0 bridgehead atoms. The van der Waals surface area contributed by atoms with E-state index >= 15 is 0 Å². The molecule has 2 heterocycles.